The molecule has 0 saturated carbocycles. The van der Waals surface area contributed by atoms with E-state index >= 15 is 0 Å². The van der Waals surface area contributed by atoms with Crippen molar-refractivity contribution >= 4 is 29.1 Å². The minimum Gasteiger partial charge on any atom is -0.497 e. The molecule has 0 fully saturated rings. The molecule has 1 aliphatic rings. The minimum absolute atomic E-state index is 0.199. The Morgan fingerprint density at radius 1 is 1.15 bits per heavy atom. The minimum atomic E-state index is -0.621. The van der Waals surface area contributed by atoms with Gasteiger partial charge < -0.3 is 14.4 Å². The average Bonchev–Trinajstić information content (AvgIpc) is 3.13. The van der Waals surface area contributed by atoms with Gasteiger partial charge in [0, 0.05) is 19.8 Å². The number of fused-ring (bicyclic) bond motifs is 1. The first-order valence-corrected chi connectivity index (χ1v) is 11.8. The van der Waals surface area contributed by atoms with Gasteiger partial charge in [0.2, 0.25) is 0 Å². The van der Waals surface area contributed by atoms with Gasteiger partial charge in [-0.15, -0.1) is 0 Å². The molecule has 1 unspecified atom stereocenters. The fourth-order valence-corrected chi connectivity index (χ4v) is 4.96. The highest BCUT2D eigenvalue weighted by atomic mass is 32.1. The molecule has 0 amide bonds. The molecule has 1 atom stereocenters. The van der Waals surface area contributed by atoms with Gasteiger partial charge in [0.25, 0.3) is 5.56 Å². The lowest BCUT2D eigenvalue weighted by Crippen LogP contribution is -2.39. The summed E-state index contributed by atoms with van der Waals surface area (Å²) in [4.78, 5) is 33.7. The van der Waals surface area contributed by atoms with Crippen LogP contribution in [-0.2, 0) is 9.53 Å². The first kappa shape index (κ1) is 23.5. The van der Waals surface area contributed by atoms with E-state index in [4.69, 9.17) is 9.47 Å². The highest BCUT2D eigenvalue weighted by Gasteiger charge is 2.33. The van der Waals surface area contributed by atoms with Crippen LogP contribution in [0.1, 0.15) is 31.0 Å². The molecule has 0 saturated heterocycles. The molecule has 0 bridgehead atoms. The molecule has 2 heterocycles. The summed E-state index contributed by atoms with van der Waals surface area (Å²) in [5, 5.41) is 0. The number of hydrogen-bond donors (Lipinski definition) is 0. The van der Waals surface area contributed by atoms with E-state index in [0.29, 0.717) is 20.6 Å². The second-order valence-corrected chi connectivity index (χ2v) is 9.07. The van der Waals surface area contributed by atoms with E-state index in [-0.39, 0.29) is 12.2 Å². The van der Waals surface area contributed by atoms with Gasteiger partial charge in [0.15, 0.2) is 4.80 Å². The number of aromatic nitrogens is 1. The summed E-state index contributed by atoms with van der Waals surface area (Å²) in [5.74, 6) is 0.282. The Hall–Kier alpha value is -3.65. The maximum Gasteiger partial charge on any atom is 0.338 e. The van der Waals surface area contributed by atoms with E-state index in [1.165, 1.54) is 11.3 Å². The Morgan fingerprint density at radius 2 is 1.82 bits per heavy atom. The standard InChI is InChI=1S/C26H27N3O4S/c1-6-33-25(31)22-16(2)27-26-29(23(22)18-9-11-19(12-10-18)28(3)4)24(30)21(34-26)15-17-7-13-20(32-5)14-8-17/h7-15,23H,6H2,1-5H3/b21-15-. The Bertz CT molecular complexity index is 1410. The van der Waals surface area contributed by atoms with Crippen LogP contribution in [0.15, 0.2) is 69.6 Å². The number of thiazole rings is 1. The van der Waals surface area contributed by atoms with Crippen LogP contribution in [0.4, 0.5) is 5.69 Å². The summed E-state index contributed by atoms with van der Waals surface area (Å²) < 4.78 is 12.7. The number of methoxy groups -OCH3 is 1. The summed E-state index contributed by atoms with van der Waals surface area (Å²) in [6, 6.07) is 14.7. The van der Waals surface area contributed by atoms with Crippen LogP contribution in [0.2, 0.25) is 0 Å². The van der Waals surface area contributed by atoms with Crippen molar-refractivity contribution in [3.8, 4) is 5.75 Å². The van der Waals surface area contributed by atoms with Crippen molar-refractivity contribution in [2.24, 2.45) is 4.99 Å². The van der Waals surface area contributed by atoms with E-state index in [1.807, 2.05) is 73.6 Å². The number of ether oxygens (including phenoxy) is 2. The van der Waals surface area contributed by atoms with Crippen molar-refractivity contribution in [3.63, 3.8) is 0 Å². The molecule has 3 aromatic rings. The zero-order chi connectivity index (χ0) is 24.4. The molecule has 1 aromatic heterocycles. The summed E-state index contributed by atoms with van der Waals surface area (Å²) in [5.41, 5.74) is 3.45. The monoisotopic (exact) mass is 477 g/mol. The smallest absolute Gasteiger partial charge is 0.338 e. The molecule has 7 nitrogen and oxygen atoms in total. The van der Waals surface area contributed by atoms with Crippen LogP contribution >= 0.6 is 11.3 Å². The second-order valence-electron chi connectivity index (χ2n) is 8.06. The number of allylic oxidation sites excluding steroid dienone is 1. The summed E-state index contributed by atoms with van der Waals surface area (Å²) in [6.45, 7) is 3.79. The van der Waals surface area contributed by atoms with E-state index in [0.717, 1.165) is 22.6 Å². The number of anilines is 1. The molecule has 0 radical (unpaired) electrons. The molecule has 0 N–H and O–H groups in total. The van der Waals surface area contributed by atoms with Gasteiger partial charge in [0.1, 0.15) is 5.75 Å². The van der Waals surface area contributed by atoms with Crippen molar-refractivity contribution in [3.05, 3.63) is 90.6 Å². The van der Waals surface area contributed by atoms with Gasteiger partial charge in [-0.1, -0.05) is 35.6 Å². The second kappa shape index (κ2) is 9.69. The predicted octanol–water partition coefficient (Wildman–Crippen LogP) is 2.87. The molecule has 2 aromatic carbocycles. The first-order valence-electron chi connectivity index (χ1n) is 10.9. The Labute approximate surface area is 201 Å². The SMILES string of the molecule is CCOC(=O)C1=C(C)N=c2s/c(=C\c3ccc(OC)cc3)c(=O)n2C1c1ccc(N(C)C)cc1. The predicted molar refractivity (Wildman–Crippen MR) is 134 cm³/mol. The van der Waals surface area contributed by atoms with Crippen molar-refractivity contribution in [2.45, 2.75) is 19.9 Å². The Balaban J connectivity index is 1.90. The lowest BCUT2D eigenvalue weighted by atomic mass is 9.95. The molecule has 0 spiro atoms. The molecule has 34 heavy (non-hydrogen) atoms. The first-order chi connectivity index (χ1) is 16.3. The molecule has 8 heteroatoms. The van der Waals surface area contributed by atoms with Gasteiger partial charge in [-0.25, -0.2) is 9.79 Å². The van der Waals surface area contributed by atoms with Crippen molar-refractivity contribution in [2.75, 3.05) is 32.7 Å². The molecular formula is C26H27N3O4S. The quantitative estimate of drug-likeness (QED) is 0.511. The number of hydrogen-bond acceptors (Lipinski definition) is 7. The van der Waals surface area contributed by atoms with Crippen LogP contribution in [0.25, 0.3) is 6.08 Å². The van der Waals surface area contributed by atoms with E-state index in [9.17, 15) is 9.59 Å². The van der Waals surface area contributed by atoms with Gasteiger partial charge in [-0.2, -0.15) is 0 Å². The van der Waals surface area contributed by atoms with Crippen LogP contribution in [-0.4, -0.2) is 38.3 Å². The van der Waals surface area contributed by atoms with E-state index < -0.39 is 12.0 Å². The lowest BCUT2D eigenvalue weighted by molar-refractivity contribution is -0.139. The number of carbonyl (C=O) groups is 1. The average molecular weight is 478 g/mol. The van der Waals surface area contributed by atoms with Crippen LogP contribution in [0, 0.1) is 0 Å². The maximum absolute atomic E-state index is 13.6. The van der Waals surface area contributed by atoms with Gasteiger partial charge in [0.05, 0.1) is 35.6 Å². The van der Waals surface area contributed by atoms with Gasteiger partial charge in [-0.3, -0.25) is 9.36 Å². The molecule has 176 valence electrons. The molecular weight excluding hydrogens is 450 g/mol. The lowest BCUT2D eigenvalue weighted by Gasteiger charge is -2.25. The number of nitrogens with zero attached hydrogens (tertiary/aromatic N) is 3. The molecule has 1 aliphatic heterocycles. The number of carbonyl (C=O) groups excluding carboxylic acids is 1. The van der Waals surface area contributed by atoms with Crippen molar-refractivity contribution in [1.82, 2.24) is 4.57 Å². The van der Waals surface area contributed by atoms with E-state index in [1.54, 1.807) is 25.5 Å². The van der Waals surface area contributed by atoms with Crippen LogP contribution < -0.4 is 24.5 Å². The fraction of sp³-hybridized carbons (Fsp3) is 0.269. The highest BCUT2D eigenvalue weighted by molar-refractivity contribution is 7.07. The zero-order valence-electron chi connectivity index (χ0n) is 19.9. The normalized spacial score (nSPS) is 15.6. The topological polar surface area (TPSA) is 73.1 Å². The van der Waals surface area contributed by atoms with Crippen LogP contribution in [0.3, 0.4) is 0 Å². The summed E-state index contributed by atoms with van der Waals surface area (Å²) >= 11 is 1.31. The van der Waals surface area contributed by atoms with Gasteiger partial charge in [-0.05, 0) is 55.3 Å². The maximum atomic E-state index is 13.6. The Morgan fingerprint density at radius 3 is 2.41 bits per heavy atom. The van der Waals surface area contributed by atoms with E-state index in [2.05, 4.69) is 4.99 Å². The third-order valence-electron chi connectivity index (χ3n) is 5.66. The largest absolute Gasteiger partial charge is 0.497 e. The molecule has 4 rings (SSSR count). The Kier molecular flexibility index (Phi) is 6.70. The third-order valence-corrected chi connectivity index (χ3v) is 6.64. The summed E-state index contributed by atoms with van der Waals surface area (Å²) in [6.07, 6.45) is 1.83. The number of rotatable bonds is 6. The zero-order valence-corrected chi connectivity index (χ0v) is 20.7. The molecule has 0 aliphatic carbocycles. The number of esters is 1. The van der Waals surface area contributed by atoms with Gasteiger partial charge >= 0.3 is 5.97 Å². The number of benzene rings is 2. The van der Waals surface area contributed by atoms with Crippen LogP contribution in [0.5, 0.6) is 5.75 Å². The third kappa shape index (κ3) is 4.41. The highest BCUT2D eigenvalue weighted by Crippen LogP contribution is 2.31. The van der Waals surface area contributed by atoms with Crippen molar-refractivity contribution in [1.29, 1.82) is 0 Å². The van der Waals surface area contributed by atoms with Crippen molar-refractivity contribution < 1.29 is 14.3 Å². The fourth-order valence-electron chi connectivity index (χ4n) is 3.91. The summed E-state index contributed by atoms with van der Waals surface area (Å²) in [7, 11) is 5.54.